The highest BCUT2D eigenvalue weighted by atomic mass is 35.5. The maximum Gasteiger partial charge on any atom is 0.418 e. The van der Waals surface area contributed by atoms with Crippen LogP contribution in [0.3, 0.4) is 0 Å². The Morgan fingerprint density at radius 1 is 1.13 bits per heavy atom. The fourth-order valence-electron chi connectivity index (χ4n) is 2.83. The summed E-state index contributed by atoms with van der Waals surface area (Å²) in [7, 11) is 0. The van der Waals surface area contributed by atoms with Gasteiger partial charge in [-0.25, -0.2) is 4.98 Å². The van der Waals surface area contributed by atoms with Gasteiger partial charge in [-0.05, 0) is 24.6 Å². The molecule has 0 spiro atoms. The molecule has 2 N–H and O–H groups in total. The molecule has 160 valence electrons. The van der Waals surface area contributed by atoms with E-state index in [1.54, 1.807) is 0 Å². The van der Waals surface area contributed by atoms with Crippen molar-refractivity contribution in [3.05, 3.63) is 65.0 Å². The number of hydrogen-bond acceptors (Lipinski definition) is 4. The summed E-state index contributed by atoms with van der Waals surface area (Å²) in [5.74, 6) is -0.971. The van der Waals surface area contributed by atoms with E-state index in [1.807, 2.05) is 0 Å². The third-order valence-corrected chi connectivity index (χ3v) is 4.51. The lowest BCUT2D eigenvalue weighted by Crippen LogP contribution is -2.45. The Labute approximate surface area is 171 Å². The van der Waals surface area contributed by atoms with Gasteiger partial charge in [0.1, 0.15) is 6.04 Å². The van der Waals surface area contributed by atoms with Crippen LogP contribution >= 0.6 is 11.6 Å². The van der Waals surface area contributed by atoms with Gasteiger partial charge in [-0.2, -0.15) is 26.3 Å². The van der Waals surface area contributed by atoms with Gasteiger partial charge in [0.2, 0.25) is 0 Å². The third-order valence-electron chi connectivity index (χ3n) is 4.22. The second-order valence-corrected chi connectivity index (χ2v) is 6.63. The summed E-state index contributed by atoms with van der Waals surface area (Å²) in [5, 5.41) is -0.394. The smallest absolute Gasteiger partial charge is 0.335 e. The summed E-state index contributed by atoms with van der Waals surface area (Å²) in [4.78, 5) is 17.2. The minimum absolute atomic E-state index is 0.119. The Morgan fingerprint density at radius 2 is 1.83 bits per heavy atom. The van der Waals surface area contributed by atoms with Crippen LogP contribution in [0, 0.1) is 0 Å². The summed E-state index contributed by atoms with van der Waals surface area (Å²) in [6.07, 6.45) is -5.72. The topological polar surface area (TPSA) is 57.3 Å². The van der Waals surface area contributed by atoms with E-state index in [-0.39, 0.29) is 17.9 Å². The first kappa shape index (κ1) is 21.8. The fourth-order valence-corrected chi connectivity index (χ4v) is 3.04. The molecule has 2 heterocycles. The van der Waals surface area contributed by atoms with Crippen LogP contribution in [0.25, 0.3) is 0 Å². The van der Waals surface area contributed by atoms with Crippen LogP contribution < -0.4 is 15.8 Å². The van der Waals surface area contributed by atoms with Crippen molar-refractivity contribution in [2.75, 3.05) is 10.3 Å². The van der Waals surface area contributed by atoms with Gasteiger partial charge in [0.05, 0.1) is 21.8 Å². The van der Waals surface area contributed by atoms with E-state index in [0.29, 0.717) is 12.3 Å². The number of hydrazine groups is 1. The average molecular weight is 451 g/mol. The van der Waals surface area contributed by atoms with Crippen molar-refractivity contribution >= 4 is 29.0 Å². The lowest BCUT2D eigenvalue weighted by Gasteiger charge is -2.27. The monoisotopic (exact) mass is 450 g/mol. The number of rotatable bonds is 4. The fraction of sp³-hybridized carbons (Fsp3) is 0.222. The molecular formula is C18H13ClF6N4O. The predicted octanol–water partition coefficient (Wildman–Crippen LogP) is 5.01. The van der Waals surface area contributed by atoms with Gasteiger partial charge in [-0.15, -0.1) is 0 Å². The number of alkyl halides is 6. The minimum Gasteiger partial charge on any atom is -0.335 e. The maximum absolute atomic E-state index is 13.3. The van der Waals surface area contributed by atoms with E-state index in [0.717, 1.165) is 6.07 Å². The zero-order valence-corrected chi connectivity index (χ0v) is 15.6. The average Bonchev–Trinajstić information content (AvgIpc) is 3.15. The number of carbonyl (C=O) groups is 1. The predicted molar refractivity (Wildman–Crippen MR) is 97.5 cm³/mol. The van der Waals surface area contributed by atoms with Crippen molar-refractivity contribution in [2.45, 2.75) is 24.8 Å². The molecule has 1 amide bonds. The SMILES string of the molecule is O=C(NNc1ncc(C(F)(F)F)cc1Cl)C1CC=CN1c1ccccc1C(F)(F)F. The molecule has 3 rings (SSSR count). The largest absolute Gasteiger partial charge is 0.418 e. The Balaban J connectivity index is 1.74. The first-order valence-corrected chi connectivity index (χ1v) is 8.76. The van der Waals surface area contributed by atoms with Crippen LogP contribution in [-0.4, -0.2) is 16.9 Å². The molecule has 0 aliphatic carbocycles. The number of nitrogens with zero attached hydrogens (tertiary/aromatic N) is 2. The molecule has 1 atom stereocenters. The molecule has 1 aliphatic heterocycles. The molecule has 1 aliphatic rings. The molecule has 1 aromatic heterocycles. The maximum atomic E-state index is 13.3. The number of anilines is 2. The molecule has 0 saturated carbocycles. The number of aromatic nitrogens is 1. The third kappa shape index (κ3) is 4.61. The highest BCUT2D eigenvalue weighted by Crippen LogP contribution is 2.38. The van der Waals surface area contributed by atoms with Crippen molar-refractivity contribution in [1.82, 2.24) is 10.4 Å². The summed E-state index contributed by atoms with van der Waals surface area (Å²) >= 11 is 5.75. The van der Waals surface area contributed by atoms with Crippen molar-refractivity contribution in [1.29, 1.82) is 0 Å². The molecule has 5 nitrogen and oxygen atoms in total. The molecule has 1 unspecified atom stereocenters. The van der Waals surface area contributed by atoms with Gasteiger partial charge in [-0.3, -0.25) is 15.6 Å². The second kappa shape index (κ2) is 8.05. The van der Waals surface area contributed by atoms with E-state index in [1.165, 1.54) is 35.4 Å². The van der Waals surface area contributed by atoms with Crippen molar-refractivity contribution in [3.63, 3.8) is 0 Å². The molecule has 0 saturated heterocycles. The van der Waals surface area contributed by atoms with Gasteiger partial charge in [0.15, 0.2) is 5.82 Å². The van der Waals surface area contributed by atoms with Gasteiger partial charge in [0, 0.05) is 12.4 Å². The van der Waals surface area contributed by atoms with Crippen molar-refractivity contribution < 1.29 is 31.1 Å². The zero-order valence-electron chi connectivity index (χ0n) is 14.9. The van der Waals surface area contributed by atoms with Crippen LogP contribution in [0.5, 0.6) is 0 Å². The molecule has 2 aromatic rings. The molecule has 30 heavy (non-hydrogen) atoms. The lowest BCUT2D eigenvalue weighted by atomic mass is 10.1. The Bertz CT molecular complexity index is 976. The van der Waals surface area contributed by atoms with Crippen LogP contribution in [-0.2, 0) is 17.1 Å². The number of carbonyl (C=O) groups excluding carboxylic acids is 1. The molecular weight excluding hydrogens is 438 g/mol. The van der Waals surface area contributed by atoms with Crippen molar-refractivity contribution in [2.24, 2.45) is 0 Å². The van der Waals surface area contributed by atoms with Gasteiger partial charge >= 0.3 is 12.4 Å². The summed E-state index contributed by atoms with van der Waals surface area (Å²) < 4.78 is 77.9. The molecule has 0 radical (unpaired) electrons. The first-order chi connectivity index (χ1) is 14.0. The number of amides is 1. The first-order valence-electron chi connectivity index (χ1n) is 8.38. The number of pyridine rings is 1. The number of halogens is 7. The second-order valence-electron chi connectivity index (χ2n) is 6.22. The van der Waals surface area contributed by atoms with Gasteiger partial charge in [0.25, 0.3) is 5.91 Å². The van der Waals surface area contributed by atoms with Crippen LogP contribution in [0.2, 0.25) is 5.02 Å². The number of hydrogen-bond donors (Lipinski definition) is 2. The van der Waals surface area contributed by atoms with E-state index in [2.05, 4.69) is 15.8 Å². The van der Waals surface area contributed by atoms with E-state index in [9.17, 15) is 31.1 Å². The quantitative estimate of drug-likeness (QED) is 0.508. The lowest BCUT2D eigenvalue weighted by molar-refractivity contribution is -0.138. The highest BCUT2D eigenvalue weighted by Gasteiger charge is 2.38. The molecule has 0 fully saturated rings. The highest BCUT2D eigenvalue weighted by molar-refractivity contribution is 6.33. The van der Waals surface area contributed by atoms with Crippen molar-refractivity contribution in [3.8, 4) is 0 Å². The summed E-state index contributed by atoms with van der Waals surface area (Å²) in [6, 6.07) is 4.40. The summed E-state index contributed by atoms with van der Waals surface area (Å²) in [6.45, 7) is 0. The Kier molecular flexibility index (Phi) is 5.84. The van der Waals surface area contributed by atoms with E-state index in [4.69, 9.17) is 11.6 Å². The van der Waals surface area contributed by atoms with Gasteiger partial charge < -0.3 is 4.90 Å². The standard InChI is InChI=1S/C18H13ClF6N4O/c19-12-8-10(17(20,21)22)9-26-15(12)27-28-16(30)14-6-3-7-29(14)13-5-2-1-4-11(13)18(23,24)25/h1-5,7-9,14H,6H2,(H,26,27)(H,28,30). The van der Waals surface area contributed by atoms with E-state index < -0.39 is 40.5 Å². The number of benzene rings is 1. The van der Waals surface area contributed by atoms with E-state index >= 15 is 0 Å². The number of para-hydroxylation sites is 1. The minimum atomic E-state index is -4.64. The normalized spacial score (nSPS) is 16.6. The Hall–Kier alpha value is -2.95. The van der Waals surface area contributed by atoms with Crippen LogP contribution in [0.4, 0.5) is 37.8 Å². The summed E-state index contributed by atoms with van der Waals surface area (Å²) in [5.41, 5.74) is 2.33. The molecule has 0 bridgehead atoms. The van der Waals surface area contributed by atoms with Gasteiger partial charge in [-0.1, -0.05) is 29.8 Å². The van der Waals surface area contributed by atoms with Crippen LogP contribution in [0.15, 0.2) is 48.8 Å². The molecule has 1 aromatic carbocycles. The zero-order chi connectivity index (χ0) is 22.1. The Morgan fingerprint density at radius 3 is 2.47 bits per heavy atom. The number of nitrogens with one attached hydrogen (secondary N) is 2. The van der Waals surface area contributed by atoms with Crippen LogP contribution in [0.1, 0.15) is 17.5 Å². The molecule has 12 heteroatoms.